The first kappa shape index (κ1) is 35.7. The molecule has 258 valence electrons. The van der Waals surface area contributed by atoms with Crippen LogP contribution in [0.2, 0.25) is 0 Å². The second-order valence-electron chi connectivity index (χ2n) is 12.8. The van der Waals surface area contributed by atoms with Crippen LogP contribution in [0.5, 0.6) is 0 Å². The molecule has 4 aromatic rings. The van der Waals surface area contributed by atoms with Crippen molar-refractivity contribution in [3.05, 3.63) is 83.9 Å². The average Bonchev–Trinajstić information content (AvgIpc) is 3.68. The molecule has 1 aliphatic carbocycles. The first-order chi connectivity index (χ1) is 23.5. The number of carbonyl (C=O) groups is 3. The van der Waals surface area contributed by atoms with Gasteiger partial charge in [0.2, 0.25) is 17.6 Å². The van der Waals surface area contributed by atoms with Crippen LogP contribution in [-0.2, 0) is 16.0 Å². The molecule has 12 nitrogen and oxygen atoms in total. The van der Waals surface area contributed by atoms with Crippen molar-refractivity contribution >= 4 is 35.8 Å². The summed E-state index contributed by atoms with van der Waals surface area (Å²) in [6, 6.07) is 21.9. The highest BCUT2D eigenvalue weighted by Crippen LogP contribution is 2.29. The topological polar surface area (TPSA) is 180 Å². The quantitative estimate of drug-likeness (QED) is 0.138. The fourth-order valence-electron chi connectivity index (χ4n) is 6.59. The van der Waals surface area contributed by atoms with E-state index in [9.17, 15) is 14.4 Å². The minimum absolute atomic E-state index is 0. The summed E-state index contributed by atoms with van der Waals surface area (Å²) in [5.41, 5.74) is 10.5. The summed E-state index contributed by atoms with van der Waals surface area (Å²) in [6.07, 6.45) is 5.48. The zero-order valence-electron chi connectivity index (χ0n) is 27.4. The molecule has 1 saturated carbocycles. The molecular weight excluding hydrogens is 642 g/mol. The zero-order valence-corrected chi connectivity index (χ0v) is 28.2. The van der Waals surface area contributed by atoms with Gasteiger partial charge in [0.05, 0.1) is 0 Å². The number of rotatable bonds is 11. The average molecular weight is 686 g/mol. The molecule has 3 amide bonds. The normalized spacial score (nSPS) is 18.5. The Bertz CT molecular complexity index is 1670. The van der Waals surface area contributed by atoms with Crippen LogP contribution in [0.25, 0.3) is 22.5 Å². The number of amides is 3. The smallest absolute Gasteiger partial charge is 0.252 e. The highest BCUT2D eigenvalue weighted by Gasteiger charge is 2.29. The van der Waals surface area contributed by atoms with E-state index in [2.05, 4.69) is 41.9 Å². The highest BCUT2D eigenvalue weighted by molar-refractivity contribution is 6.01. The first-order valence-corrected chi connectivity index (χ1v) is 16.8. The summed E-state index contributed by atoms with van der Waals surface area (Å²) in [4.78, 5) is 40.4. The fourth-order valence-corrected chi connectivity index (χ4v) is 6.59. The molecule has 0 bridgehead atoms. The predicted molar refractivity (Wildman–Crippen MR) is 191 cm³/mol. The fraction of sp³-hybridized carbons (Fsp3) is 0.389. The molecule has 1 aliphatic heterocycles. The van der Waals surface area contributed by atoms with E-state index in [1.54, 1.807) is 24.3 Å². The van der Waals surface area contributed by atoms with Crippen molar-refractivity contribution in [3.8, 4) is 22.5 Å². The van der Waals surface area contributed by atoms with Crippen molar-refractivity contribution in [3.63, 3.8) is 0 Å². The molecule has 2 heterocycles. The Labute approximate surface area is 292 Å². The Hall–Kier alpha value is -4.65. The second-order valence-corrected chi connectivity index (χ2v) is 12.8. The van der Waals surface area contributed by atoms with Crippen LogP contribution in [0.1, 0.15) is 54.4 Å². The largest absolute Gasteiger partial charge is 0.349 e. The Morgan fingerprint density at radius 3 is 2.22 bits per heavy atom. The van der Waals surface area contributed by atoms with Gasteiger partial charge in [0.1, 0.15) is 6.04 Å². The minimum atomic E-state index is -0.796. The maximum Gasteiger partial charge on any atom is 0.252 e. The number of aromatic amines is 1. The lowest BCUT2D eigenvalue weighted by atomic mass is 9.81. The van der Waals surface area contributed by atoms with E-state index < -0.39 is 6.04 Å². The van der Waals surface area contributed by atoms with E-state index in [0.29, 0.717) is 36.0 Å². The third-order valence-electron chi connectivity index (χ3n) is 9.49. The summed E-state index contributed by atoms with van der Waals surface area (Å²) >= 11 is 0. The lowest BCUT2D eigenvalue weighted by Gasteiger charge is -2.28. The number of tetrazole rings is 1. The molecule has 0 spiro atoms. The van der Waals surface area contributed by atoms with E-state index in [-0.39, 0.29) is 42.1 Å². The van der Waals surface area contributed by atoms with Crippen LogP contribution in [0, 0.1) is 11.8 Å². The van der Waals surface area contributed by atoms with E-state index >= 15 is 0 Å². The maximum atomic E-state index is 13.7. The van der Waals surface area contributed by atoms with Gasteiger partial charge >= 0.3 is 0 Å². The zero-order chi connectivity index (χ0) is 33.3. The van der Waals surface area contributed by atoms with Gasteiger partial charge in [0.25, 0.3) is 5.91 Å². The summed E-state index contributed by atoms with van der Waals surface area (Å²) in [5.74, 6) is 0.261. The van der Waals surface area contributed by atoms with E-state index in [1.165, 1.54) is 0 Å². The lowest BCUT2D eigenvalue weighted by Crippen LogP contribution is -2.48. The van der Waals surface area contributed by atoms with Crippen molar-refractivity contribution < 1.29 is 14.4 Å². The van der Waals surface area contributed by atoms with Crippen LogP contribution in [0.4, 0.5) is 5.69 Å². The van der Waals surface area contributed by atoms with Gasteiger partial charge in [-0.25, -0.2) is 0 Å². The van der Waals surface area contributed by atoms with Crippen molar-refractivity contribution in [1.82, 2.24) is 36.6 Å². The molecule has 0 radical (unpaired) electrons. The van der Waals surface area contributed by atoms with Gasteiger partial charge in [-0.1, -0.05) is 42.5 Å². The van der Waals surface area contributed by atoms with E-state index in [0.717, 1.165) is 73.9 Å². The molecule has 2 aliphatic rings. The molecule has 49 heavy (non-hydrogen) atoms. The van der Waals surface area contributed by atoms with Crippen LogP contribution in [0.3, 0.4) is 0 Å². The molecule has 3 aromatic carbocycles. The molecule has 1 saturated heterocycles. The van der Waals surface area contributed by atoms with Crippen LogP contribution in [0.15, 0.2) is 72.8 Å². The van der Waals surface area contributed by atoms with Crippen LogP contribution >= 0.6 is 12.4 Å². The van der Waals surface area contributed by atoms with Gasteiger partial charge in [-0.15, -0.1) is 22.6 Å². The SMILES string of the molecule is Cl.NCC1CCC(C(=O)N[C@@H](Cc2ccc(-c3ccccc3C(=O)NC3CCNCC3)cc2)C(=O)Nc2ccc(-c3nn[nH]n3)cc2)CC1. The summed E-state index contributed by atoms with van der Waals surface area (Å²) in [7, 11) is 0. The third kappa shape index (κ3) is 9.28. The van der Waals surface area contributed by atoms with E-state index in [1.807, 2.05) is 48.5 Å². The molecule has 1 atom stereocenters. The number of nitrogens with two attached hydrogens (primary N) is 1. The molecule has 0 unspecified atom stereocenters. The Morgan fingerprint density at radius 1 is 0.857 bits per heavy atom. The number of H-pyrrole nitrogens is 1. The summed E-state index contributed by atoms with van der Waals surface area (Å²) in [5, 5.41) is 26.6. The highest BCUT2D eigenvalue weighted by atomic mass is 35.5. The van der Waals surface area contributed by atoms with Gasteiger partial charge in [-0.3, -0.25) is 14.4 Å². The van der Waals surface area contributed by atoms with Crippen LogP contribution in [-0.4, -0.2) is 70.1 Å². The number of nitrogens with zero attached hydrogens (tertiary/aromatic N) is 3. The monoisotopic (exact) mass is 685 g/mol. The van der Waals surface area contributed by atoms with Gasteiger partial charge in [-0.05, 0) is 116 Å². The minimum Gasteiger partial charge on any atom is -0.349 e. The Balaban J connectivity index is 0.00000468. The summed E-state index contributed by atoms with van der Waals surface area (Å²) < 4.78 is 0. The number of piperidine rings is 1. The standard InChI is InChI=1S/C36H43N9O3.ClH/c37-22-24-7-11-27(12-8-24)34(46)41-32(36(48)40-28-15-13-26(14-16-28)33-42-44-45-43-33)21-23-5-9-25(10-6-23)30-3-1-2-4-31(30)35(47)39-29-17-19-38-20-18-29;/h1-6,9-10,13-16,24,27,29,32,38H,7-8,11-12,17-22,37H2,(H,39,47)(H,40,48)(H,41,46)(H,42,43,44,45);1H/t24?,27?,32-;/m0./s1. The van der Waals surface area contributed by atoms with Gasteiger partial charge in [-0.2, -0.15) is 5.21 Å². The van der Waals surface area contributed by atoms with Crippen molar-refractivity contribution in [1.29, 1.82) is 0 Å². The van der Waals surface area contributed by atoms with Crippen molar-refractivity contribution in [2.24, 2.45) is 17.6 Å². The molecule has 1 aromatic heterocycles. The predicted octanol–water partition coefficient (Wildman–Crippen LogP) is 3.87. The number of aromatic nitrogens is 4. The molecule has 6 rings (SSSR count). The number of carbonyl (C=O) groups excluding carboxylic acids is 3. The molecule has 2 fully saturated rings. The van der Waals surface area contributed by atoms with Gasteiger partial charge < -0.3 is 27.0 Å². The number of hydrogen-bond donors (Lipinski definition) is 6. The Morgan fingerprint density at radius 2 is 1.55 bits per heavy atom. The third-order valence-corrected chi connectivity index (χ3v) is 9.49. The van der Waals surface area contributed by atoms with E-state index in [4.69, 9.17) is 5.73 Å². The molecular formula is C36H44ClN9O3. The second kappa shape index (κ2) is 17.1. The maximum absolute atomic E-state index is 13.7. The number of anilines is 1. The number of halogens is 1. The Kier molecular flexibility index (Phi) is 12.5. The van der Waals surface area contributed by atoms with Gasteiger partial charge in [0.15, 0.2) is 0 Å². The van der Waals surface area contributed by atoms with Crippen molar-refractivity contribution in [2.45, 2.75) is 57.0 Å². The van der Waals surface area contributed by atoms with Crippen molar-refractivity contribution in [2.75, 3.05) is 25.0 Å². The number of benzene rings is 3. The number of hydrogen-bond acceptors (Lipinski definition) is 8. The molecule has 7 N–H and O–H groups in total. The molecule has 13 heteroatoms. The lowest BCUT2D eigenvalue weighted by molar-refractivity contribution is -0.130. The van der Waals surface area contributed by atoms with Crippen LogP contribution < -0.4 is 27.0 Å². The summed E-state index contributed by atoms with van der Waals surface area (Å²) in [6.45, 7) is 2.43. The first-order valence-electron chi connectivity index (χ1n) is 16.8. The number of nitrogens with one attached hydrogen (secondary N) is 5. The van der Waals surface area contributed by atoms with Gasteiger partial charge in [0, 0.05) is 35.2 Å².